The largest absolute Gasteiger partial charge is 0.433 e. The molecule has 0 atom stereocenters. The highest BCUT2D eigenvalue weighted by atomic mass is 32.1. The van der Waals surface area contributed by atoms with Crippen molar-refractivity contribution in [3.05, 3.63) is 40.3 Å². The van der Waals surface area contributed by atoms with Crippen LogP contribution in [0.1, 0.15) is 11.3 Å². The van der Waals surface area contributed by atoms with E-state index in [-0.39, 0.29) is 17.0 Å². The van der Waals surface area contributed by atoms with Gasteiger partial charge in [0.25, 0.3) is 0 Å². The van der Waals surface area contributed by atoms with Gasteiger partial charge in [-0.05, 0) is 18.2 Å². The summed E-state index contributed by atoms with van der Waals surface area (Å²) in [4.78, 5) is 15.9. The molecule has 0 saturated carbocycles. The number of carbonyl (C=O) groups excluding carboxylic acids is 1. The average Bonchev–Trinajstić information content (AvgIpc) is 3.02. The third kappa shape index (κ3) is 5.19. The van der Waals surface area contributed by atoms with Crippen LogP contribution in [0.25, 0.3) is 0 Å². The van der Waals surface area contributed by atoms with E-state index in [1.807, 2.05) is 11.4 Å². The number of carbonyl (C=O) groups is 1. The number of amides is 2. The Kier molecular flexibility index (Phi) is 5.82. The molecule has 120 valence electrons. The van der Waals surface area contributed by atoms with Crippen LogP contribution in [-0.4, -0.2) is 24.2 Å². The highest BCUT2D eigenvalue weighted by molar-refractivity contribution is 7.07. The molecular formula is C14H12F2N4O2S. The highest BCUT2D eigenvalue weighted by Crippen LogP contribution is 2.27. The number of alkyl halides is 2. The number of urea groups is 1. The number of ether oxygens (including phenoxy) is 1. The molecule has 2 amide bonds. The molecule has 2 rings (SSSR count). The van der Waals surface area contributed by atoms with Crippen LogP contribution in [0.15, 0.2) is 29.1 Å². The van der Waals surface area contributed by atoms with Crippen molar-refractivity contribution in [3.8, 4) is 11.8 Å². The summed E-state index contributed by atoms with van der Waals surface area (Å²) < 4.78 is 29.0. The average molecular weight is 338 g/mol. The first-order valence-corrected chi connectivity index (χ1v) is 7.43. The topological polar surface area (TPSA) is 87.0 Å². The monoisotopic (exact) mass is 338 g/mol. The minimum atomic E-state index is -3.03. The van der Waals surface area contributed by atoms with Crippen molar-refractivity contribution in [1.29, 1.82) is 5.26 Å². The van der Waals surface area contributed by atoms with E-state index in [9.17, 15) is 13.6 Å². The summed E-state index contributed by atoms with van der Waals surface area (Å²) in [5.74, 6) is -0.214. The molecule has 0 unspecified atom stereocenters. The summed E-state index contributed by atoms with van der Waals surface area (Å²) in [5.41, 5.74) is 2.75. The van der Waals surface area contributed by atoms with Crippen molar-refractivity contribution in [2.75, 3.05) is 11.9 Å². The van der Waals surface area contributed by atoms with Gasteiger partial charge in [-0.25, -0.2) is 9.78 Å². The van der Waals surface area contributed by atoms with E-state index in [4.69, 9.17) is 5.26 Å². The first-order valence-electron chi connectivity index (χ1n) is 6.49. The predicted molar refractivity (Wildman–Crippen MR) is 80.6 cm³/mol. The number of rotatable bonds is 6. The Labute approximate surface area is 134 Å². The molecule has 0 radical (unpaired) electrons. The molecule has 9 heteroatoms. The van der Waals surface area contributed by atoms with Crippen LogP contribution in [0.4, 0.5) is 19.3 Å². The van der Waals surface area contributed by atoms with Gasteiger partial charge in [0.15, 0.2) is 0 Å². The first kappa shape index (κ1) is 16.6. The normalized spacial score (nSPS) is 10.2. The van der Waals surface area contributed by atoms with E-state index >= 15 is 0 Å². The summed E-state index contributed by atoms with van der Waals surface area (Å²) in [5, 5.41) is 15.7. The number of anilines is 1. The van der Waals surface area contributed by atoms with Gasteiger partial charge in [-0.3, -0.25) is 0 Å². The number of aromatic nitrogens is 1. The Hall–Kier alpha value is -2.73. The Morgan fingerprint density at radius 2 is 2.30 bits per heavy atom. The number of thiazole rings is 1. The van der Waals surface area contributed by atoms with Gasteiger partial charge in [0.2, 0.25) is 0 Å². The van der Waals surface area contributed by atoms with Gasteiger partial charge in [0.05, 0.1) is 28.5 Å². The van der Waals surface area contributed by atoms with Gasteiger partial charge < -0.3 is 15.4 Å². The quantitative estimate of drug-likeness (QED) is 0.848. The fraction of sp³-hybridized carbons (Fsp3) is 0.214. The second-order valence-electron chi connectivity index (χ2n) is 4.31. The van der Waals surface area contributed by atoms with E-state index in [0.29, 0.717) is 13.0 Å². The summed E-state index contributed by atoms with van der Waals surface area (Å²) in [6, 6.07) is 5.06. The number of nitriles is 1. The van der Waals surface area contributed by atoms with Crippen molar-refractivity contribution in [2.24, 2.45) is 0 Å². The van der Waals surface area contributed by atoms with Gasteiger partial charge in [-0.2, -0.15) is 14.0 Å². The first-order chi connectivity index (χ1) is 11.1. The molecule has 0 aliphatic heterocycles. The van der Waals surface area contributed by atoms with Crippen molar-refractivity contribution in [3.63, 3.8) is 0 Å². The zero-order valence-corrected chi connectivity index (χ0v) is 12.6. The van der Waals surface area contributed by atoms with Crippen LogP contribution < -0.4 is 15.4 Å². The Bertz CT molecular complexity index is 701. The van der Waals surface area contributed by atoms with Crippen LogP contribution in [0.5, 0.6) is 5.75 Å². The smallest absolute Gasteiger partial charge is 0.387 e. The lowest BCUT2D eigenvalue weighted by Gasteiger charge is -2.12. The molecule has 6 nitrogen and oxygen atoms in total. The summed E-state index contributed by atoms with van der Waals surface area (Å²) in [6.45, 7) is -2.70. The molecular weight excluding hydrogens is 326 g/mol. The third-order valence-electron chi connectivity index (χ3n) is 2.72. The third-order valence-corrected chi connectivity index (χ3v) is 3.36. The number of hydrogen-bond acceptors (Lipinski definition) is 5. The fourth-order valence-electron chi connectivity index (χ4n) is 1.73. The molecule has 0 aliphatic carbocycles. The number of benzene rings is 1. The standard InChI is InChI=1S/C14H12F2N4O2S/c15-13(16)22-12-2-1-9(6-17)5-11(12)20-14(21)18-4-3-10-7-23-8-19-10/h1-2,5,7-8,13H,3-4H2,(H2,18,20,21). The molecule has 2 aromatic rings. The molecule has 0 bridgehead atoms. The molecule has 0 aliphatic rings. The van der Waals surface area contributed by atoms with Crippen LogP contribution >= 0.6 is 11.3 Å². The van der Waals surface area contributed by atoms with Gasteiger partial charge in [-0.15, -0.1) is 11.3 Å². The van der Waals surface area contributed by atoms with Gasteiger partial charge >= 0.3 is 12.6 Å². The van der Waals surface area contributed by atoms with E-state index in [0.717, 1.165) is 5.69 Å². The molecule has 0 spiro atoms. The maximum atomic E-state index is 12.4. The second kappa shape index (κ2) is 8.05. The number of nitrogens with one attached hydrogen (secondary N) is 2. The number of nitrogens with zero attached hydrogens (tertiary/aromatic N) is 2. The van der Waals surface area contributed by atoms with E-state index < -0.39 is 12.6 Å². The lowest BCUT2D eigenvalue weighted by molar-refractivity contribution is -0.0493. The lowest BCUT2D eigenvalue weighted by Crippen LogP contribution is -2.30. The lowest BCUT2D eigenvalue weighted by atomic mass is 10.2. The van der Waals surface area contributed by atoms with Crippen LogP contribution in [0.3, 0.4) is 0 Å². The molecule has 1 aromatic heterocycles. The minimum Gasteiger partial charge on any atom is -0.433 e. The Morgan fingerprint density at radius 3 is 2.96 bits per heavy atom. The predicted octanol–water partition coefficient (Wildman–Crippen LogP) is 2.98. The fourth-order valence-corrected chi connectivity index (χ4v) is 2.32. The molecule has 0 saturated heterocycles. The van der Waals surface area contributed by atoms with Crippen LogP contribution in [0.2, 0.25) is 0 Å². The molecule has 1 heterocycles. The molecule has 1 aromatic carbocycles. The number of halogens is 2. The SMILES string of the molecule is N#Cc1ccc(OC(F)F)c(NC(=O)NCCc2cscn2)c1. The summed E-state index contributed by atoms with van der Waals surface area (Å²) in [6.07, 6.45) is 0.551. The molecule has 0 fully saturated rings. The van der Waals surface area contributed by atoms with Crippen molar-refractivity contribution < 1.29 is 18.3 Å². The number of hydrogen-bond donors (Lipinski definition) is 2. The highest BCUT2D eigenvalue weighted by Gasteiger charge is 2.13. The maximum Gasteiger partial charge on any atom is 0.387 e. The van der Waals surface area contributed by atoms with E-state index in [1.165, 1.54) is 29.5 Å². The zero-order chi connectivity index (χ0) is 16.7. The van der Waals surface area contributed by atoms with Crippen molar-refractivity contribution in [1.82, 2.24) is 10.3 Å². The van der Waals surface area contributed by atoms with Crippen molar-refractivity contribution >= 4 is 23.1 Å². The van der Waals surface area contributed by atoms with Crippen LogP contribution in [-0.2, 0) is 6.42 Å². The maximum absolute atomic E-state index is 12.4. The molecule has 2 N–H and O–H groups in total. The van der Waals surface area contributed by atoms with Gasteiger partial charge in [-0.1, -0.05) is 0 Å². The summed E-state index contributed by atoms with van der Waals surface area (Å²) in [7, 11) is 0. The van der Waals surface area contributed by atoms with E-state index in [2.05, 4.69) is 20.4 Å². The second-order valence-corrected chi connectivity index (χ2v) is 5.03. The van der Waals surface area contributed by atoms with Crippen LogP contribution in [0, 0.1) is 11.3 Å². The minimum absolute atomic E-state index is 0.00416. The summed E-state index contributed by atoms with van der Waals surface area (Å²) >= 11 is 1.46. The van der Waals surface area contributed by atoms with Crippen molar-refractivity contribution in [2.45, 2.75) is 13.0 Å². The van der Waals surface area contributed by atoms with Gasteiger partial charge in [0, 0.05) is 18.3 Å². The van der Waals surface area contributed by atoms with Gasteiger partial charge in [0.1, 0.15) is 5.75 Å². The molecule has 23 heavy (non-hydrogen) atoms. The zero-order valence-electron chi connectivity index (χ0n) is 11.8. The Morgan fingerprint density at radius 1 is 1.48 bits per heavy atom. The van der Waals surface area contributed by atoms with E-state index in [1.54, 1.807) is 5.51 Å². The Balaban J connectivity index is 1.96.